The molecule has 0 fully saturated rings. The number of ether oxygens (including phenoxy) is 3. The Kier molecular flexibility index (Phi) is 67.2. The molecule has 1 atom stereocenters. The fraction of sp³-hybridized carbons (Fsp3) is 0.727. The smallest absolute Gasteiger partial charge is 0.306 e. The van der Waals surface area contributed by atoms with E-state index in [2.05, 4.69) is 130 Å². The molecule has 0 heterocycles. The zero-order chi connectivity index (χ0) is 59.9. The van der Waals surface area contributed by atoms with E-state index in [9.17, 15) is 14.4 Å². The molecule has 1 unspecified atom stereocenters. The number of esters is 3. The average molecular weight is 1150 g/mol. The quantitative estimate of drug-likeness (QED) is 0.0261. The topological polar surface area (TPSA) is 78.9 Å². The second-order valence-electron chi connectivity index (χ2n) is 23.4. The molecular formula is C77H132O6. The molecule has 83 heavy (non-hydrogen) atoms. The minimum atomic E-state index is -0.790. The Morgan fingerprint density at radius 3 is 0.783 bits per heavy atom. The van der Waals surface area contributed by atoms with Gasteiger partial charge in [0, 0.05) is 19.3 Å². The summed E-state index contributed by atoms with van der Waals surface area (Å²) in [5.74, 6) is -0.896. The Labute approximate surface area is 514 Å². The number of rotatable bonds is 64. The molecule has 0 aliphatic heterocycles. The van der Waals surface area contributed by atoms with E-state index in [-0.39, 0.29) is 31.1 Å². The van der Waals surface area contributed by atoms with Crippen LogP contribution in [0.2, 0.25) is 0 Å². The highest BCUT2D eigenvalue weighted by Crippen LogP contribution is 2.17. The Bertz CT molecular complexity index is 1660. The van der Waals surface area contributed by atoms with Gasteiger partial charge in [-0.05, 0) is 103 Å². The van der Waals surface area contributed by atoms with Gasteiger partial charge in [-0.1, -0.05) is 329 Å². The Balaban J connectivity index is 4.31. The first-order chi connectivity index (χ1) is 41.0. The Morgan fingerprint density at radius 2 is 0.494 bits per heavy atom. The molecule has 0 aromatic heterocycles. The first-order valence-electron chi connectivity index (χ1n) is 35.4. The molecule has 0 radical (unpaired) electrons. The van der Waals surface area contributed by atoms with Crippen molar-refractivity contribution in [2.24, 2.45) is 0 Å². The summed E-state index contributed by atoms with van der Waals surface area (Å²) >= 11 is 0. The highest BCUT2D eigenvalue weighted by Gasteiger charge is 2.19. The van der Waals surface area contributed by atoms with E-state index in [1.165, 1.54) is 161 Å². The van der Waals surface area contributed by atoms with Crippen LogP contribution in [0.25, 0.3) is 0 Å². The number of hydrogen-bond acceptors (Lipinski definition) is 6. The van der Waals surface area contributed by atoms with Gasteiger partial charge in [-0.25, -0.2) is 0 Å². The third-order valence-electron chi connectivity index (χ3n) is 15.2. The standard InChI is InChI=1S/C77H132O6/c1-4-7-10-13-16-19-22-25-27-29-31-33-35-36-37-38-39-40-42-43-45-47-49-52-55-58-61-64-67-70-76(79)82-73-74(72-81-75(78)69-66-63-60-57-54-51-24-21-18-15-12-9-6-3)83-77(80)71-68-65-62-59-56-53-50-48-46-44-41-34-32-30-28-26-23-20-17-14-11-8-5-2/h7,10,12,15-16,19,21,24-25,27,31,33,36-37,39-40,43,45,74H,4-6,8-9,11,13-14,17-18,20,22-23,26,28-30,32,34-35,38,41-42,44,46-73H2,1-3H3/b10-7-,15-12-,19-16-,24-21-,27-25-,33-31-,37-36-,40-39-,45-43-. The molecule has 0 amide bonds. The van der Waals surface area contributed by atoms with E-state index in [0.717, 1.165) is 141 Å². The van der Waals surface area contributed by atoms with Gasteiger partial charge in [-0.2, -0.15) is 0 Å². The normalized spacial score (nSPS) is 12.8. The highest BCUT2D eigenvalue weighted by atomic mass is 16.6. The third-order valence-corrected chi connectivity index (χ3v) is 15.2. The minimum absolute atomic E-state index is 0.0867. The second kappa shape index (κ2) is 70.6. The van der Waals surface area contributed by atoms with E-state index < -0.39 is 6.10 Å². The van der Waals surface area contributed by atoms with Crippen molar-refractivity contribution in [2.75, 3.05) is 13.2 Å². The van der Waals surface area contributed by atoms with Crippen molar-refractivity contribution in [3.8, 4) is 0 Å². The average Bonchev–Trinajstić information content (AvgIpc) is 3.49. The van der Waals surface area contributed by atoms with E-state index in [0.29, 0.717) is 19.3 Å². The SMILES string of the molecule is CC/C=C\C/C=C\C/C=C\C/C=C\C/C=C\C/C=C\C/C=C\CCCCCCCCCC(=O)OCC(COC(=O)CCCCCCC/C=C\C/C=C\CCC)OC(=O)CCCCCCCCCCCCCCCCCCCCCCCCC. The first kappa shape index (κ1) is 79.1. The molecule has 0 aromatic carbocycles. The molecule has 0 aromatic rings. The largest absolute Gasteiger partial charge is 0.462 e. The summed E-state index contributed by atoms with van der Waals surface area (Å²) in [5.41, 5.74) is 0. The van der Waals surface area contributed by atoms with Crippen LogP contribution in [-0.2, 0) is 28.6 Å². The van der Waals surface area contributed by atoms with Crippen molar-refractivity contribution < 1.29 is 28.6 Å². The van der Waals surface area contributed by atoms with Crippen LogP contribution in [0.5, 0.6) is 0 Å². The summed E-state index contributed by atoms with van der Waals surface area (Å²) < 4.78 is 17.0. The molecule has 0 saturated carbocycles. The molecule has 0 bridgehead atoms. The van der Waals surface area contributed by atoms with Crippen LogP contribution in [0.4, 0.5) is 0 Å². The molecular weight excluding hydrogens is 1020 g/mol. The van der Waals surface area contributed by atoms with Crippen LogP contribution in [0.1, 0.15) is 342 Å². The maximum Gasteiger partial charge on any atom is 0.306 e. The summed E-state index contributed by atoms with van der Waals surface area (Å²) in [6.45, 7) is 6.48. The number of carbonyl (C=O) groups is 3. The number of carbonyl (C=O) groups excluding carboxylic acids is 3. The fourth-order valence-corrected chi connectivity index (χ4v) is 9.99. The molecule has 6 nitrogen and oxygen atoms in total. The van der Waals surface area contributed by atoms with Crippen molar-refractivity contribution in [3.05, 3.63) is 109 Å². The van der Waals surface area contributed by atoms with Crippen molar-refractivity contribution >= 4 is 17.9 Å². The Morgan fingerprint density at radius 1 is 0.253 bits per heavy atom. The zero-order valence-electron chi connectivity index (χ0n) is 54.7. The molecule has 0 N–H and O–H groups in total. The van der Waals surface area contributed by atoms with Crippen LogP contribution < -0.4 is 0 Å². The first-order valence-corrected chi connectivity index (χ1v) is 35.4. The van der Waals surface area contributed by atoms with Crippen LogP contribution in [0.15, 0.2) is 109 Å². The second-order valence-corrected chi connectivity index (χ2v) is 23.4. The predicted octanol–water partition coefficient (Wildman–Crippen LogP) is 24.6. The van der Waals surface area contributed by atoms with Gasteiger partial charge in [0.05, 0.1) is 0 Å². The zero-order valence-corrected chi connectivity index (χ0v) is 54.7. The lowest BCUT2D eigenvalue weighted by Gasteiger charge is -2.18. The van der Waals surface area contributed by atoms with Crippen LogP contribution in [0, 0.1) is 0 Å². The highest BCUT2D eigenvalue weighted by molar-refractivity contribution is 5.71. The summed E-state index contributed by atoms with van der Waals surface area (Å²) in [6, 6.07) is 0. The molecule has 0 spiro atoms. The summed E-state index contributed by atoms with van der Waals surface area (Å²) in [4.78, 5) is 38.4. The van der Waals surface area contributed by atoms with Gasteiger partial charge in [0.2, 0.25) is 0 Å². The summed E-state index contributed by atoms with van der Waals surface area (Å²) in [5, 5.41) is 0. The Hall–Kier alpha value is -3.93. The number of hydrogen-bond donors (Lipinski definition) is 0. The maximum absolute atomic E-state index is 13.0. The summed E-state index contributed by atoms with van der Waals surface area (Å²) in [7, 11) is 0. The molecule has 0 aliphatic rings. The summed E-state index contributed by atoms with van der Waals surface area (Å²) in [6.07, 6.45) is 96.9. The van der Waals surface area contributed by atoms with Gasteiger partial charge < -0.3 is 14.2 Å². The van der Waals surface area contributed by atoms with E-state index in [1.54, 1.807) is 0 Å². The van der Waals surface area contributed by atoms with Crippen LogP contribution in [-0.4, -0.2) is 37.2 Å². The van der Waals surface area contributed by atoms with Crippen molar-refractivity contribution in [1.29, 1.82) is 0 Å². The molecule has 0 saturated heterocycles. The van der Waals surface area contributed by atoms with Gasteiger partial charge >= 0.3 is 17.9 Å². The lowest BCUT2D eigenvalue weighted by atomic mass is 10.0. The van der Waals surface area contributed by atoms with Gasteiger partial charge in [-0.3, -0.25) is 14.4 Å². The van der Waals surface area contributed by atoms with Crippen molar-refractivity contribution in [1.82, 2.24) is 0 Å². The van der Waals surface area contributed by atoms with E-state index >= 15 is 0 Å². The molecule has 476 valence electrons. The van der Waals surface area contributed by atoms with Gasteiger partial charge in [0.15, 0.2) is 6.10 Å². The van der Waals surface area contributed by atoms with Gasteiger partial charge in [-0.15, -0.1) is 0 Å². The molecule has 0 aliphatic carbocycles. The monoisotopic (exact) mass is 1150 g/mol. The predicted molar refractivity (Wildman–Crippen MR) is 362 cm³/mol. The number of allylic oxidation sites excluding steroid dienone is 18. The minimum Gasteiger partial charge on any atom is -0.462 e. The van der Waals surface area contributed by atoms with E-state index in [1.807, 2.05) is 0 Å². The lowest BCUT2D eigenvalue weighted by Crippen LogP contribution is -2.30. The third kappa shape index (κ3) is 68.7. The van der Waals surface area contributed by atoms with Gasteiger partial charge in [0.25, 0.3) is 0 Å². The maximum atomic E-state index is 13.0. The molecule has 0 rings (SSSR count). The lowest BCUT2D eigenvalue weighted by molar-refractivity contribution is -0.167. The van der Waals surface area contributed by atoms with Crippen LogP contribution in [0.3, 0.4) is 0 Å². The number of unbranched alkanes of at least 4 members (excludes halogenated alkanes) is 35. The van der Waals surface area contributed by atoms with Crippen LogP contribution >= 0.6 is 0 Å². The van der Waals surface area contributed by atoms with Gasteiger partial charge in [0.1, 0.15) is 13.2 Å². The van der Waals surface area contributed by atoms with E-state index in [4.69, 9.17) is 14.2 Å². The van der Waals surface area contributed by atoms with Crippen molar-refractivity contribution in [2.45, 2.75) is 348 Å². The fourth-order valence-electron chi connectivity index (χ4n) is 9.99. The molecule has 6 heteroatoms. The van der Waals surface area contributed by atoms with Crippen molar-refractivity contribution in [3.63, 3.8) is 0 Å².